The van der Waals surface area contributed by atoms with E-state index in [9.17, 15) is 4.79 Å². The van der Waals surface area contributed by atoms with Gasteiger partial charge in [0, 0.05) is 30.9 Å². The summed E-state index contributed by atoms with van der Waals surface area (Å²) in [6, 6.07) is 9.00. The van der Waals surface area contributed by atoms with Crippen molar-refractivity contribution in [3.8, 4) is 0 Å². The summed E-state index contributed by atoms with van der Waals surface area (Å²) in [7, 11) is 0. The number of rotatable bonds is 5. The van der Waals surface area contributed by atoms with Crippen molar-refractivity contribution < 1.29 is 4.79 Å². The maximum Gasteiger partial charge on any atom is 0.239 e. The van der Waals surface area contributed by atoms with E-state index >= 15 is 0 Å². The molecule has 0 aliphatic carbocycles. The molecular weight excluding hydrogens is 262 g/mol. The predicted molar refractivity (Wildman–Crippen MR) is 87.5 cm³/mol. The van der Waals surface area contributed by atoms with Crippen molar-refractivity contribution >= 4 is 11.6 Å². The highest BCUT2D eigenvalue weighted by molar-refractivity contribution is 5.82. The highest BCUT2D eigenvalue weighted by Gasteiger charge is 2.21. The predicted octanol–water partition coefficient (Wildman–Crippen LogP) is 2.29. The smallest absolute Gasteiger partial charge is 0.239 e. The number of para-hydroxylation sites is 1. The molecule has 1 aliphatic heterocycles. The number of fused-ring (bicyclic) bond motifs is 1. The van der Waals surface area contributed by atoms with Gasteiger partial charge in [-0.05, 0) is 31.4 Å². The maximum atomic E-state index is 12.3. The first-order chi connectivity index (χ1) is 10.1. The van der Waals surface area contributed by atoms with E-state index in [-0.39, 0.29) is 11.9 Å². The molecule has 0 saturated heterocycles. The average molecular weight is 289 g/mol. The van der Waals surface area contributed by atoms with E-state index in [1.165, 1.54) is 11.3 Å². The summed E-state index contributed by atoms with van der Waals surface area (Å²) in [5.41, 5.74) is 2.44. The monoisotopic (exact) mass is 289 g/mol. The lowest BCUT2D eigenvalue weighted by molar-refractivity contribution is -0.120. The van der Waals surface area contributed by atoms with Crippen molar-refractivity contribution in [1.82, 2.24) is 10.6 Å². The Morgan fingerprint density at radius 2 is 2.10 bits per heavy atom. The van der Waals surface area contributed by atoms with E-state index in [1.54, 1.807) is 0 Å². The van der Waals surface area contributed by atoms with Gasteiger partial charge in [-0.15, -0.1) is 0 Å². The fraction of sp³-hybridized carbons (Fsp3) is 0.588. The number of carbonyl (C=O) groups excluding carboxylic acids is 1. The summed E-state index contributed by atoms with van der Waals surface area (Å²) < 4.78 is 0. The molecule has 1 aromatic carbocycles. The first-order valence-corrected chi connectivity index (χ1v) is 7.99. The van der Waals surface area contributed by atoms with Gasteiger partial charge in [-0.25, -0.2) is 0 Å². The van der Waals surface area contributed by atoms with Crippen molar-refractivity contribution in [1.29, 1.82) is 0 Å². The Balaban J connectivity index is 2.08. The van der Waals surface area contributed by atoms with Crippen molar-refractivity contribution in [2.75, 3.05) is 18.0 Å². The third-order valence-electron chi connectivity index (χ3n) is 4.15. The molecule has 0 aromatic heterocycles. The Hall–Kier alpha value is -1.55. The van der Waals surface area contributed by atoms with Crippen LogP contribution < -0.4 is 15.5 Å². The first kappa shape index (κ1) is 15.8. The zero-order chi connectivity index (χ0) is 15.2. The number of amides is 1. The van der Waals surface area contributed by atoms with Crippen LogP contribution in [0.15, 0.2) is 24.3 Å². The molecule has 21 heavy (non-hydrogen) atoms. The zero-order valence-electron chi connectivity index (χ0n) is 13.4. The van der Waals surface area contributed by atoms with Crippen molar-refractivity contribution in [3.05, 3.63) is 29.8 Å². The second-order valence-electron chi connectivity index (χ2n) is 5.87. The van der Waals surface area contributed by atoms with Crippen molar-refractivity contribution in [2.24, 2.45) is 0 Å². The third kappa shape index (κ3) is 4.21. The van der Waals surface area contributed by atoms with Gasteiger partial charge in [0.15, 0.2) is 0 Å². The molecule has 0 spiro atoms. The Bertz CT molecular complexity index is 471. The van der Waals surface area contributed by atoms with Crippen LogP contribution in [0.3, 0.4) is 0 Å². The van der Waals surface area contributed by atoms with Gasteiger partial charge < -0.3 is 15.5 Å². The zero-order valence-corrected chi connectivity index (χ0v) is 13.4. The minimum Gasteiger partial charge on any atom is -0.360 e. The number of hydrogen-bond donors (Lipinski definition) is 2. The summed E-state index contributed by atoms with van der Waals surface area (Å²) in [5.74, 6) is 0.118. The van der Waals surface area contributed by atoms with Gasteiger partial charge in [-0.3, -0.25) is 4.79 Å². The van der Waals surface area contributed by atoms with Crippen LogP contribution in [0.4, 0.5) is 5.69 Å². The third-order valence-corrected chi connectivity index (χ3v) is 4.15. The minimum atomic E-state index is 0.118. The average Bonchev–Trinajstić information content (AvgIpc) is 2.64. The molecule has 2 rings (SSSR count). The molecule has 0 radical (unpaired) electrons. The summed E-state index contributed by atoms with van der Waals surface area (Å²) in [6.45, 7) is 8.54. The fourth-order valence-electron chi connectivity index (χ4n) is 2.84. The molecule has 1 amide bonds. The molecule has 1 aromatic rings. The number of carbonyl (C=O) groups is 1. The SMILES string of the molecule is CCC(CC)NC(=O)CN1CC(C)NCc2ccccc21. The molecule has 1 unspecified atom stereocenters. The quantitative estimate of drug-likeness (QED) is 0.874. The number of benzene rings is 1. The summed E-state index contributed by atoms with van der Waals surface area (Å²) >= 11 is 0. The van der Waals surface area contributed by atoms with Crippen molar-refractivity contribution in [2.45, 2.75) is 52.2 Å². The maximum absolute atomic E-state index is 12.3. The highest BCUT2D eigenvalue weighted by Crippen LogP contribution is 2.23. The minimum absolute atomic E-state index is 0.118. The van der Waals surface area contributed by atoms with Crippen LogP contribution in [-0.2, 0) is 11.3 Å². The van der Waals surface area contributed by atoms with Gasteiger partial charge in [0.1, 0.15) is 0 Å². The van der Waals surface area contributed by atoms with Gasteiger partial charge in [0.25, 0.3) is 0 Å². The van der Waals surface area contributed by atoms with Crippen LogP contribution >= 0.6 is 0 Å². The van der Waals surface area contributed by atoms with Gasteiger partial charge in [-0.2, -0.15) is 0 Å². The second kappa shape index (κ2) is 7.46. The molecular formula is C17H27N3O. The number of nitrogens with zero attached hydrogens (tertiary/aromatic N) is 1. The van der Waals surface area contributed by atoms with Crippen LogP contribution in [0.5, 0.6) is 0 Å². The fourth-order valence-corrected chi connectivity index (χ4v) is 2.84. The van der Waals surface area contributed by atoms with Gasteiger partial charge in [0.2, 0.25) is 5.91 Å². The highest BCUT2D eigenvalue weighted by atomic mass is 16.2. The molecule has 2 N–H and O–H groups in total. The Labute approximate surface area is 127 Å². The van der Waals surface area contributed by atoms with Crippen LogP contribution in [0.25, 0.3) is 0 Å². The standard InChI is InChI=1S/C17H27N3O/c1-4-15(5-2)19-17(21)12-20-11-13(3)18-10-14-8-6-7-9-16(14)20/h6-9,13,15,18H,4-5,10-12H2,1-3H3,(H,19,21). The normalized spacial score (nSPS) is 18.3. The van der Waals surface area contributed by atoms with Gasteiger partial charge in [0.05, 0.1) is 6.54 Å². The number of anilines is 1. The van der Waals surface area contributed by atoms with Crippen LogP contribution in [0.2, 0.25) is 0 Å². The molecule has 0 fully saturated rings. The van der Waals surface area contributed by atoms with Gasteiger partial charge in [-0.1, -0.05) is 32.0 Å². The van der Waals surface area contributed by atoms with E-state index in [4.69, 9.17) is 0 Å². The second-order valence-corrected chi connectivity index (χ2v) is 5.87. The molecule has 1 aliphatic rings. The van der Waals surface area contributed by atoms with Crippen LogP contribution in [-0.4, -0.2) is 31.1 Å². The lowest BCUT2D eigenvalue weighted by Gasteiger charge is -2.27. The Morgan fingerprint density at radius 3 is 2.81 bits per heavy atom. The summed E-state index contributed by atoms with van der Waals surface area (Å²) in [6.07, 6.45) is 1.97. The van der Waals surface area contributed by atoms with E-state index in [1.807, 2.05) is 6.07 Å². The number of nitrogens with one attached hydrogen (secondary N) is 2. The largest absolute Gasteiger partial charge is 0.360 e. The van der Waals surface area contributed by atoms with Crippen LogP contribution in [0.1, 0.15) is 39.2 Å². The molecule has 0 bridgehead atoms. The van der Waals surface area contributed by atoms with E-state index < -0.39 is 0 Å². The molecule has 116 valence electrons. The van der Waals surface area contributed by atoms with E-state index in [2.05, 4.69) is 54.5 Å². The Morgan fingerprint density at radius 1 is 1.38 bits per heavy atom. The molecule has 4 heteroatoms. The Kier molecular flexibility index (Phi) is 5.62. The lowest BCUT2D eigenvalue weighted by atomic mass is 10.1. The summed E-state index contributed by atoms with van der Waals surface area (Å²) in [5, 5.41) is 6.62. The first-order valence-electron chi connectivity index (χ1n) is 7.99. The van der Waals surface area contributed by atoms with Crippen LogP contribution in [0, 0.1) is 0 Å². The van der Waals surface area contributed by atoms with Gasteiger partial charge >= 0.3 is 0 Å². The lowest BCUT2D eigenvalue weighted by Crippen LogP contribution is -2.44. The molecule has 4 nitrogen and oxygen atoms in total. The van der Waals surface area contributed by atoms with E-state index in [0.717, 1.165) is 25.9 Å². The molecule has 0 saturated carbocycles. The summed E-state index contributed by atoms with van der Waals surface area (Å²) in [4.78, 5) is 14.5. The van der Waals surface area contributed by atoms with E-state index in [0.29, 0.717) is 12.6 Å². The molecule has 1 heterocycles. The topological polar surface area (TPSA) is 44.4 Å². The molecule has 1 atom stereocenters. The van der Waals surface area contributed by atoms with Crippen molar-refractivity contribution in [3.63, 3.8) is 0 Å². The number of hydrogen-bond acceptors (Lipinski definition) is 3.